The van der Waals surface area contributed by atoms with Crippen LogP contribution in [0.1, 0.15) is 13.8 Å². The van der Waals surface area contributed by atoms with Gasteiger partial charge in [-0.15, -0.1) is 0 Å². The third-order valence-corrected chi connectivity index (χ3v) is 1.48. The Labute approximate surface area is 79.7 Å². The van der Waals surface area contributed by atoms with Crippen LogP contribution in [0.25, 0.3) is 0 Å². The van der Waals surface area contributed by atoms with Gasteiger partial charge in [-0.25, -0.2) is 0 Å². The zero-order chi connectivity index (χ0) is 10.3. The molecule has 0 aliphatic heterocycles. The van der Waals surface area contributed by atoms with Crippen molar-refractivity contribution in [3.8, 4) is 6.07 Å². The van der Waals surface area contributed by atoms with Crippen LogP contribution >= 0.6 is 0 Å². The van der Waals surface area contributed by atoms with Gasteiger partial charge in [0.15, 0.2) is 0 Å². The van der Waals surface area contributed by atoms with Crippen LogP contribution in [0.3, 0.4) is 0 Å². The first kappa shape index (κ1) is 12.4. The fraction of sp³-hybridized carbons (Fsp3) is 0.889. The summed E-state index contributed by atoms with van der Waals surface area (Å²) in [4.78, 5) is 1.76. The highest BCUT2D eigenvalue weighted by Gasteiger charge is 2.08. The van der Waals surface area contributed by atoms with Gasteiger partial charge in [0.25, 0.3) is 0 Å². The van der Waals surface area contributed by atoms with Crippen LogP contribution in [-0.4, -0.2) is 49.0 Å². The number of nitrogens with zero attached hydrogens (tertiary/aromatic N) is 2. The van der Waals surface area contributed by atoms with Gasteiger partial charge in [-0.1, -0.05) is 0 Å². The second kappa shape index (κ2) is 6.84. The lowest BCUT2D eigenvalue weighted by molar-refractivity contribution is -0.00431. The third-order valence-electron chi connectivity index (χ3n) is 1.48. The Morgan fingerprint density at radius 1 is 1.54 bits per heavy atom. The normalized spacial score (nSPS) is 13.3. The van der Waals surface area contributed by atoms with Gasteiger partial charge in [0.1, 0.15) is 0 Å². The monoisotopic (exact) mass is 186 g/mol. The van der Waals surface area contributed by atoms with E-state index in [9.17, 15) is 5.11 Å². The van der Waals surface area contributed by atoms with E-state index in [0.717, 1.165) is 0 Å². The van der Waals surface area contributed by atoms with Gasteiger partial charge in [-0.05, 0) is 20.9 Å². The number of aliphatic hydroxyl groups excluding tert-OH is 1. The molecule has 0 bridgehead atoms. The van der Waals surface area contributed by atoms with Crippen molar-refractivity contribution in [2.75, 3.05) is 26.7 Å². The van der Waals surface area contributed by atoms with E-state index < -0.39 is 6.10 Å². The molecule has 0 saturated heterocycles. The minimum Gasteiger partial charge on any atom is -0.389 e. The van der Waals surface area contributed by atoms with Crippen molar-refractivity contribution < 1.29 is 9.84 Å². The summed E-state index contributed by atoms with van der Waals surface area (Å²) in [5.41, 5.74) is 0. The van der Waals surface area contributed by atoms with Crippen LogP contribution in [0.15, 0.2) is 0 Å². The first-order valence-corrected chi connectivity index (χ1v) is 4.41. The largest absolute Gasteiger partial charge is 0.389 e. The summed E-state index contributed by atoms with van der Waals surface area (Å²) in [6.45, 7) is 4.98. The quantitative estimate of drug-likeness (QED) is 0.603. The van der Waals surface area contributed by atoms with Crippen molar-refractivity contribution in [3.05, 3.63) is 0 Å². The number of hydrogen-bond donors (Lipinski definition) is 1. The molecule has 0 fully saturated rings. The number of nitriles is 1. The van der Waals surface area contributed by atoms with Crippen LogP contribution < -0.4 is 0 Å². The maximum Gasteiger partial charge on any atom is 0.0900 e. The molecule has 4 heteroatoms. The van der Waals surface area contributed by atoms with E-state index in [1.54, 1.807) is 11.9 Å². The van der Waals surface area contributed by atoms with Crippen LogP contribution in [-0.2, 0) is 4.74 Å². The van der Waals surface area contributed by atoms with Gasteiger partial charge in [0, 0.05) is 6.54 Å². The minimum atomic E-state index is -0.513. The SMILES string of the molecule is CC(C)OCC(O)CN(C)CC#N. The topological polar surface area (TPSA) is 56.5 Å². The maximum absolute atomic E-state index is 9.42. The number of aliphatic hydroxyl groups is 1. The molecule has 0 heterocycles. The Kier molecular flexibility index (Phi) is 6.51. The summed E-state index contributed by atoms with van der Waals surface area (Å²) in [6.07, 6.45) is -0.378. The molecule has 0 aromatic carbocycles. The van der Waals surface area contributed by atoms with Crippen molar-refractivity contribution in [3.63, 3.8) is 0 Å². The van der Waals surface area contributed by atoms with Gasteiger partial charge < -0.3 is 9.84 Å². The molecule has 0 amide bonds. The first-order chi connectivity index (χ1) is 6.06. The van der Waals surface area contributed by atoms with Crippen LogP contribution in [0.4, 0.5) is 0 Å². The molecule has 76 valence electrons. The average molecular weight is 186 g/mol. The van der Waals surface area contributed by atoms with E-state index in [1.165, 1.54) is 0 Å². The van der Waals surface area contributed by atoms with Crippen molar-refractivity contribution >= 4 is 0 Å². The highest BCUT2D eigenvalue weighted by atomic mass is 16.5. The maximum atomic E-state index is 9.42. The fourth-order valence-electron chi connectivity index (χ4n) is 0.901. The van der Waals surface area contributed by atoms with E-state index in [-0.39, 0.29) is 6.10 Å². The van der Waals surface area contributed by atoms with E-state index >= 15 is 0 Å². The highest BCUT2D eigenvalue weighted by Crippen LogP contribution is 1.93. The highest BCUT2D eigenvalue weighted by molar-refractivity contribution is 4.75. The number of ether oxygens (including phenoxy) is 1. The van der Waals surface area contributed by atoms with Gasteiger partial charge >= 0.3 is 0 Å². The number of rotatable bonds is 6. The van der Waals surface area contributed by atoms with Crippen LogP contribution in [0, 0.1) is 11.3 Å². The standard InChI is InChI=1S/C9H18N2O2/c1-8(2)13-7-9(12)6-11(3)5-4-10/h8-9,12H,5-7H2,1-3H3. The molecular weight excluding hydrogens is 168 g/mol. The Hall–Kier alpha value is -0.630. The predicted octanol–water partition coefficient (Wildman–Crippen LogP) is 0.228. The van der Waals surface area contributed by atoms with E-state index in [4.69, 9.17) is 10.00 Å². The molecule has 0 rings (SSSR count). The van der Waals surface area contributed by atoms with Crippen LogP contribution in [0.5, 0.6) is 0 Å². The number of hydrogen-bond acceptors (Lipinski definition) is 4. The molecule has 0 spiro atoms. The summed E-state index contributed by atoms with van der Waals surface area (Å²) in [6, 6.07) is 2.01. The Balaban J connectivity index is 3.50. The Morgan fingerprint density at radius 3 is 2.62 bits per heavy atom. The lowest BCUT2D eigenvalue weighted by atomic mass is 10.3. The summed E-state index contributed by atoms with van der Waals surface area (Å²) in [5, 5.41) is 17.8. The zero-order valence-corrected chi connectivity index (χ0v) is 8.53. The molecule has 4 nitrogen and oxygen atoms in total. The summed E-state index contributed by atoms with van der Waals surface area (Å²) in [7, 11) is 1.79. The lowest BCUT2D eigenvalue weighted by Crippen LogP contribution is -2.33. The molecule has 1 atom stereocenters. The van der Waals surface area contributed by atoms with Gasteiger partial charge in [0.2, 0.25) is 0 Å². The molecule has 0 radical (unpaired) electrons. The van der Waals surface area contributed by atoms with E-state index in [1.807, 2.05) is 19.9 Å². The smallest absolute Gasteiger partial charge is 0.0900 e. The molecule has 1 unspecified atom stereocenters. The molecule has 0 aromatic heterocycles. The van der Waals surface area contributed by atoms with Gasteiger partial charge in [0.05, 0.1) is 31.4 Å². The molecule has 0 aromatic rings. The van der Waals surface area contributed by atoms with Gasteiger partial charge in [-0.2, -0.15) is 5.26 Å². The summed E-state index contributed by atoms with van der Waals surface area (Å²) in [5.74, 6) is 0. The molecule has 13 heavy (non-hydrogen) atoms. The second-order valence-electron chi connectivity index (χ2n) is 3.39. The lowest BCUT2D eigenvalue weighted by Gasteiger charge is -2.18. The Morgan fingerprint density at radius 2 is 2.15 bits per heavy atom. The zero-order valence-electron chi connectivity index (χ0n) is 8.53. The third kappa shape index (κ3) is 7.72. The summed E-state index contributed by atoms with van der Waals surface area (Å²) < 4.78 is 5.22. The first-order valence-electron chi connectivity index (χ1n) is 4.41. The molecular formula is C9H18N2O2. The van der Waals surface area contributed by atoms with Gasteiger partial charge in [-0.3, -0.25) is 4.90 Å². The molecule has 0 aliphatic carbocycles. The predicted molar refractivity (Wildman–Crippen MR) is 50.2 cm³/mol. The second-order valence-corrected chi connectivity index (χ2v) is 3.39. The number of likely N-dealkylation sites (N-methyl/N-ethyl adjacent to an activating group) is 1. The Bertz CT molecular complexity index is 165. The van der Waals surface area contributed by atoms with Crippen LogP contribution in [0.2, 0.25) is 0 Å². The van der Waals surface area contributed by atoms with E-state index in [2.05, 4.69) is 0 Å². The molecule has 1 N–H and O–H groups in total. The fourth-order valence-corrected chi connectivity index (χ4v) is 0.901. The van der Waals surface area contributed by atoms with Crippen molar-refractivity contribution in [1.82, 2.24) is 4.90 Å². The molecule has 0 aliphatic rings. The summed E-state index contributed by atoms with van der Waals surface area (Å²) >= 11 is 0. The molecule has 0 saturated carbocycles. The van der Waals surface area contributed by atoms with Crippen molar-refractivity contribution in [1.29, 1.82) is 5.26 Å². The van der Waals surface area contributed by atoms with Crippen molar-refractivity contribution in [2.45, 2.75) is 26.1 Å². The minimum absolute atomic E-state index is 0.135. The van der Waals surface area contributed by atoms with E-state index in [0.29, 0.717) is 19.7 Å². The van der Waals surface area contributed by atoms with Crippen molar-refractivity contribution in [2.24, 2.45) is 0 Å². The average Bonchev–Trinajstić information content (AvgIpc) is 2.01.